The molecule has 0 bridgehead atoms. The lowest BCUT2D eigenvalue weighted by Crippen LogP contribution is -2.52. The van der Waals surface area contributed by atoms with Gasteiger partial charge in [-0.3, -0.25) is 53.9 Å². The molecule has 668 valence electrons. The van der Waals surface area contributed by atoms with Crippen LogP contribution >= 0.6 is 0 Å². The highest BCUT2D eigenvalue weighted by Gasteiger charge is 2.35. The lowest BCUT2D eigenvalue weighted by Gasteiger charge is -2.41. The molecule has 2 fully saturated rings. The fourth-order valence-corrected chi connectivity index (χ4v) is 13.3. The van der Waals surface area contributed by atoms with Crippen LogP contribution < -0.4 is 79.6 Å². The Morgan fingerprint density at radius 2 is 0.792 bits per heavy atom. The summed E-state index contributed by atoms with van der Waals surface area (Å²) in [5.41, 5.74) is 7.18. The van der Waals surface area contributed by atoms with Gasteiger partial charge in [0.1, 0.15) is 46.0 Å². The summed E-state index contributed by atoms with van der Waals surface area (Å²) in [6, 6.07) is 32.9. The summed E-state index contributed by atoms with van der Waals surface area (Å²) < 4.78 is 155. The number of hydrogen-bond acceptors (Lipinski definition) is 21. The Labute approximate surface area is 714 Å². The molecule has 2 aliphatic heterocycles. The number of nitrogens with one attached hydrogen (secondary N) is 9. The number of hydrogen-bond donors (Lipinski definition) is 9. The molecule has 3 aromatic heterocycles. The van der Waals surface area contributed by atoms with Crippen molar-refractivity contribution in [3.63, 3.8) is 0 Å². The highest BCUT2D eigenvalue weighted by atomic mass is 19.4. The number of ether oxygens (including phenoxy) is 8. The predicted octanol–water partition coefficient (Wildman–Crippen LogP) is 14.2. The van der Waals surface area contributed by atoms with E-state index in [1.165, 1.54) is 13.2 Å². The van der Waals surface area contributed by atoms with Gasteiger partial charge >= 0.3 is 18.7 Å². The van der Waals surface area contributed by atoms with Gasteiger partial charge in [-0.15, -0.1) is 13.2 Å². The zero-order valence-electron chi connectivity index (χ0n) is 69.7. The Kier molecular flexibility index (Phi) is 33.8. The molecule has 6 amide bonds. The number of aromatic nitrogens is 6. The molecule has 1 atom stereocenters. The molecule has 39 heteroatoms. The summed E-state index contributed by atoms with van der Waals surface area (Å²) in [4.78, 5) is 83.3. The molecule has 5 heterocycles. The van der Waals surface area contributed by atoms with Gasteiger partial charge in [0.2, 0.25) is 17.7 Å². The van der Waals surface area contributed by atoms with E-state index in [1.54, 1.807) is 108 Å². The normalized spacial score (nSPS) is 13.5. The first kappa shape index (κ1) is 95.1. The minimum atomic E-state index is -4.94. The van der Waals surface area contributed by atoms with Crippen LogP contribution in [0.25, 0.3) is 0 Å². The quantitative estimate of drug-likeness (QED) is 0.0132. The molecule has 2 saturated heterocycles. The molecule has 0 aliphatic carbocycles. The Hall–Kier alpha value is -13.7. The first-order valence-corrected chi connectivity index (χ1v) is 39.0. The van der Waals surface area contributed by atoms with Crippen molar-refractivity contribution >= 4 is 81.3 Å². The van der Waals surface area contributed by atoms with E-state index in [1.807, 2.05) is 58.0 Å². The van der Waals surface area contributed by atoms with E-state index in [2.05, 4.69) is 87.0 Å². The van der Waals surface area contributed by atoms with Crippen LogP contribution in [-0.2, 0) is 52.9 Å². The van der Waals surface area contributed by atoms with Crippen LogP contribution in [0.2, 0.25) is 0 Å². The van der Waals surface area contributed by atoms with Crippen molar-refractivity contribution in [3.8, 4) is 46.0 Å². The van der Waals surface area contributed by atoms with Crippen LogP contribution in [0, 0.1) is 0 Å². The maximum Gasteiger partial charge on any atom is 0.573 e. The van der Waals surface area contributed by atoms with E-state index in [9.17, 15) is 68.3 Å². The van der Waals surface area contributed by atoms with Gasteiger partial charge in [-0.2, -0.15) is 41.6 Å². The zero-order chi connectivity index (χ0) is 90.7. The summed E-state index contributed by atoms with van der Waals surface area (Å²) in [5, 5.41) is 36.9. The SMILES string of the molecule is C=CC(=O)Nc1cc(N2CCN(CCC(F)(F)F)C(C)C2)ccc1C(=O)Nc1cc(CCc2cc(OC)cc(OC)c2)[nH]n1.C=CC(=O)Nc1cc(N2CCN(CCC(F)(F)F)CC2)c(OC)cc1C(=O)Nc1cc(CCc2cc(OC)cc(OC)c2)[nH]n1.C=CC(=O)Nc1cc(OC(F)(F)F)ccc1C(=O)Nc1cc(CCc2cc(OC)cc(OC)c2)[nH]n1. The number of H-pyrrole nitrogens is 3. The summed E-state index contributed by atoms with van der Waals surface area (Å²) >= 11 is 0. The van der Waals surface area contributed by atoms with Crippen molar-refractivity contribution < 1.29 is 106 Å². The van der Waals surface area contributed by atoms with Gasteiger partial charge in [-0.05, 0) is 159 Å². The molecule has 125 heavy (non-hydrogen) atoms. The maximum atomic E-state index is 13.4. The number of methoxy groups -OCH3 is 7. The molecule has 11 rings (SSSR count). The molecular formula is C86H97F9N16O14. The van der Waals surface area contributed by atoms with Crippen LogP contribution in [0.4, 0.5) is 85.4 Å². The lowest BCUT2D eigenvalue weighted by atomic mass is 10.1. The topological polar surface area (TPSA) is 347 Å². The van der Waals surface area contributed by atoms with Crippen molar-refractivity contribution in [2.24, 2.45) is 0 Å². The fraction of sp³-hybridized carbons (Fsp3) is 0.337. The monoisotopic (exact) mass is 1750 g/mol. The van der Waals surface area contributed by atoms with Crippen molar-refractivity contribution in [1.29, 1.82) is 0 Å². The van der Waals surface area contributed by atoms with Crippen molar-refractivity contribution in [3.05, 3.63) is 210 Å². The second-order valence-electron chi connectivity index (χ2n) is 28.4. The molecule has 0 saturated carbocycles. The van der Waals surface area contributed by atoms with Crippen LogP contribution in [0.15, 0.2) is 159 Å². The van der Waals surface area contributed by atoms with E-state index in [0.29, 0.717) is 136 Å². The molecule has 0 spiro atoms. The summed E-state index contributed by atoms with van der Waals surface area (Å²) in [5.74, 6) is 1.21. The summed E-state index contributed by atoms with van der Waals surface area (Å²) in [6.07, 6.45) is -8.22. The van der Waals surface area contributed by atoms with Crippen LogP contribution in [0.5, 0.6) is 46.0 Å². The van der Waals surface area contributed by atoms with Gasteiger partial charge in [0.25, 0.3) is 17.7 Å². The molecule has 1 unspecified atom stereocenters. The number of carbonyl (C=O) groups excluding carboxylic acids is 6. The van der Waals surface area contributed by atoms with Gasteiger partial charge in [-0.25, -0.2) is 0 Å². The number of aryl methyl sites for hydroxylation is 6. The predicted molar refractivity (Wildman–Crippen MR) is 453 cm³/mol. The molecule has 2 aliphatic rings. The second-order valence-corrected chi connectivity index (χ2v) is 28.4. The first-order chi connectivity index (χ1) is 59.6. The number of alkyl halides is 9. The Balaban J connectivity index is 0.000000214. The molecule has 30 nitrogen and oxygen atoms in total. The number of carbonyl (C=O) groups is 6. The van der Waals surface area contributed by atoms with Gasteiger partial charge in [-0.1, -0.05) is 19.7 Å². The third kappa shape index (κ3) is 29.2. The molecule has 6 aromatic carbocycles. The summed E-state index contributed by atoms with van der Waals surface area (Å²) in [6.45, 7) is 15.2. The number of anilines is 8. The Morgan fingerprint density at radius 1 is 0.416 bits per heavy atom. The van der Waals surface area contributed by atoms with Crippen LogP contribution in [0.1, 0.15) is 84.6 Å². The fourth-order valence-electron chi connectivity index (χ4n) is 13.3. The smallest absolute Gasteiger partial charge is 0.497 e. The number of piperazine rings is 2. The second kappa shape index (κ2) is 44.4. The standard InChI is InChI=1S/C31H37F3N6O5.C31H37F3N6O4.C24H23F3N4O5/c1-5-29(41)35-25-19-26(40-12-10-39(11-13-40)9-8-31(32,33)34)27(45-4)18-24(25)30(42)36-28-16-21(37-38-28)7-6-20-14-22(43-2)17-23(15-20)44-3;1-5-29(41)35-27-17-23(40-13-12-39(20(2)19-40)11-10-31(32,33)34)8-9-26(27)30(42)36-28-16-22(37-38-28)7-6-21-14-24(43-3)18-25(15-21)44-4;1-4-22(32)28-20-13-16(36-24(25,26)27)7-8-19(20)23(33)29-21-11-15(30-31-21)6-5-14-9-17(34-2)12-18(10-14)35-3/h5,14-19H,1,6-13H2,2-4H3,(H,35,41)(H2,36,37,38,42);5,8-9,14-18,20H,1,6-7,10-13,19H2,2-4H3,(H,35,41)(H2,36,37,38,42);4,7-13H,1,5-6H2,2-3H3,(H,28,32)(H2,29,30,31,33). The van der Waals surface area contributed by atoms with E-state index in [-0.39, 0.29) is 64.5 Å². The number of aromatic amines is 3. The van der Waals surface area contributed by atoms with Crippen LogP contribution in [-0.4, -0.2) is 209 Å². The van der Waals surface area contributed by atoms with Gasteiger partial charge in [0.05, 0.1) is 102 Å². The van der Waals surface area contributed by atoms with Crippen molar-refractivity contribution in [1.82, 2.24) is 40.4 Å². The van der Waals surface area contributed by atoms with Gasteiger partial charge in [0, 0.05) is 130 Å². The minimum absolute atomic E-state index is 0.0527. The zero-order valence-corrected chi connectivity index (χ0v) is 69.7. The van der Waals surface area contributed by atoms with Gasteiger partial charge < -0.3 is 79.6 Å². The van der Waals surface area contributed by atoms with E-state index < -0.39 is 72.7 Å². The minimum Gasteiger partial charge on any atom is -0.497 e. The Bertz CT molecular complexity index is 5170. The number of rotatable bonds is 35. The summed E-state index contributed by atoms with van der Waals surface area (Å²) in [7, 11) is 11.0. The number of nitrogens with zero attached hydrogens (tertiary/aromatic N) is 7. The molecular weight excluding hydrogens is 1650 g/mol. The highest BCUT2D eigenvalue weighted by molar-refractivity contribution is 6.14. The van der Waals surface area contributed by atoms with E-state index >= 15 is 0 Å². The largest absolute Gasteiger partial charge is 0.573 e. The first-order valence-electron chi connectivity index (χ1n) is 39.0. The number of benzene rings is 6. The van der Waals surface area contributed by atoms with Crippen molar-refractivity contribution in [2.75, 3.05) is 150 Å². The van der Waals surface area contributed by atoms with Crippen LogP contribution in [0.3, 0.4) is 0 Å². The molecule has 9 N–H and O–H groups in total. The van der Waals surface area contributed by atoms with E-state index in [0.717, 1.165) is 75.9 Å². The third-order valence-corrected chi connectivity index (χ3v) is 19.7. The molecule has 9 aromatic rings. The highest BCUT2D eigenvalue weighted by Crippen LogP contribution is 2.38. The average Bonchev–Trinajstić information content (AvgIpc) is 1.08. The Morgan fingerprint density at radius 3 is 1.17 bits per heavy atom. The average molecular weight is 1750 g/mol. The van der Waals surface area contributed by atoms with E-state index in [4.69, 9.17) is 33.2 Å². The molecule has 0 radical (unpaired) electrons. The lowest BCUT2D eigenvalue weighted by molar-refractivity contribution is -0.274. The third-order valence-electron chi connectivity index (χ3n) is 19.7. The number of amides is 6. The maximum absolute atomic E-state index is 13.4. The number of halogens is 9. The van der Waals surface area contributed by atoms with Crippen molar-refractivity contribution in [2.45, 2.75) is 83.0 Å². The van der Waals surface area contributed by atoms with Gasteiger partial charge in [0.15, 0.2) is 17.5 Å².